The summed E-state index contributed by atoms with van der Waals surface area (Å²) in [6.45, 7) is 5.98. The standard InChI is InChI=1S/C23H27NO7S2/c1-17(31-32(4,25)26)23(29-15-22(2,3)16-30-23)20-14-24(21-13-9-8-12-19(20)21)33(27,28)18-10-6-5-7-11-18/h5-14,17H,15-16H2,1-4H3/t17-/m0/s1. The van der Waals surface area contributed by atoms with E-state index in [0.29, 0.717) is 16.5 Å². The minimum absolute atomic E-state index is 0.124. The van der Waals surface area contributed by atoms with Crippen LogP contribution in [0.5, 0.6) is 0 Å². The first kappa shape index (κ1) is 23.9. The summed E-state index contributed by atoms with van der Waals surface area (Å²) in [5.41, 5.74) is 0.478. The Morgan fingerprint density at radius 3 is 2.12 bits per heavy atom. The highest BCUT2D eigenvalue weighted by Gasteiger charge is 2.50. The number of benzene rings is 2. The van der Waals surface area contributed by atoms with Crippen LogP contribution in [0.1, 0.15) is 26.3 Å². The minimum Gasteiger partial charge on any atom is -0.343 e. The van der Waals surface area contributed by atoms with Crippen molar-refractivity contribution >= 4 is 31.0 Å². The van der Waals surface area contributed by atoms with Crippen LogP contribution < -0.4 is 0 Å². The van der Waals surface area contributed by atoms with Gasteiger partial charge in [0.2, 0.25) is 5.79 Å². The lowest BCUT2D eigenvalue weighted by molar-refractivity contribution is -0.335. The summed E-state index contributed by atoms with van der Waals surface area (Å²) in [4.78, 5) is 0.124. The predicted molar refractivity (Wildman–Crippen MR) is 124 cm³/mol. The number of nitrogens with zero attached hydrogens (tertiary/aromatic N) is 1. The lowest BCUT2D eigenvalue weighted by atomic mass is 9.91. The fourth-order valence-corrected chi connectivity index (χ4v) is 6.00. The molecule has 1 saturated heterocycles. The van der Waals surface area contributed by atoms with Crippen molar-refractivity contribution in [2.75, 3.05) is 19.5 Å². The average Bonchev–Trinajstić information content (AvgIpc) is 3.14. The Morgan fingerprint density at radius 2 is 1.52 bits per heavy atom. The van der Waals surface area contributed by atoms with E-state index in [-0.39, 0.29) is 23.5 Å². The van der Waals surface area contributed by atoms with Crippen LogP contribution in [0.25, 0.3) is 10.9 Å². The van der Waals surface area contributed by atoms with Gasteiger partial charge in [-0.05, 0) is 25.1 Å². The van der Waals surface area contributed by atoms with Gasteiger partial charge in [-0.2, -0.15) is 8.42 Å². The second-order valence-electron chi connectivity index (χ2n) is 9.03. The van der Waals surface area contributed by atoms with Crippen molar-refractivity contribution < 1.29 is 30.5 Å². The van der Waals surface area contributed by atoms with Gasteiger partial charge in [-0.3, -0.25) is 4.18 Å². The van der Waals surface area contributed by atoms with Crippen LogP contribution in [-0.4, -0.2) is 46.4 Å². The third-order valence-corrected chi connectivity index (χ3v) is 7.89. The molecule has 0 aliphatic carbocycles. The highest BCUT2D eigenvalue weighted by atomic mass is 32.2. The summed E-state index contributed by atoms with van der Waals surface area (Å²) in [7, 11) is -7.80. The van der Waals surface area contributed by atoms with Crippen LogP contribution in [0.15, 0.2) is 65.7 Å². The summed E-state index contributed by atoms with van der Waals surface area (Å²) >= 11 is 0. The zero-order valence-corrected chi connectivity index (χ0v) is 20.5. The number of fused-ring (bicyclic) bond motifs is 1. The number of ether oxygens (including phenoxy) is 2. The van der Waals surface area contributed by atoms with Gasteiger partial charge in [0.1, 0.15) is 6.10 Å². The van der Waals surface area contributed by atoms with Crippen LogP contribution in [0.4, 0.5) is 0 Å². The first-order valence-electron chi connectivity index (χ1n) is 10.4. The molecule has 10 heteroatoms. The molecular weight excluding hydrogens is 466 g/mol. The molecule has 2 aromatic carbocycles. The maximum atomic E-state index is 13.5. The zero-order chi connectivity index (χ0) is 24.1. The van der Waals surface area contributed by atoms with Crippen LogP contribution in [0, 0.1) is 5.41 Å². The van der Waals surface area contributed by atoms with Gasteiger partial charge in [-0.25, -0.2) is 12.4 Å². The normalized spacial score (nSPS) is 19.4. The zero-order valence-electron chi connectivity index (χ0n) is 18.9. The third kappa shape index (κ3) is 4.45. The van der Waals surface area contributed by atoms with Gasteiger partial charge in [-0.1, -0.05) is 50.2 Å². The number of para-hydroxylation sites is 1. The van der Waals surface area contributed by atoms with Crippen LogP contribution in [0.3, 0.4) is 0 Å². The Hall–Kier alpha value is -2.24. The van der Waals surface area contributed by atoms with Crippen LogP contribution >= 0.6 is 0 Å². The summed E-state index contributed by atoms with van der Waals surface area (Å²) in [6.07, 6.45) is 1.31. The molecule has 33 heavy (non-hydrogen) atoms. The van der Waals surface area contributed by atoms with E-state index in [1.165, 1.54) is 29.2 Å². The molecule has 1 aliphatic rings. The topological polar surface area (TPSA) is 101 Å². The Labute approximate surface area is 194 Å². The van der Waals surface area contributed by atoms with E-state index in [1.54, 1.807) is 42.5 Å². The van der Waals surface area contributed by atoms with Crippen molar-refractivity contribution in [3.05, 3.63) is 66.4 Å². The fourth-order valence-electron chi connectivity index (χ4n) is 3.96. The number of hydrogen-bond donors (Lipinski definition) is 0. The molecule has 4 rings (SSSR count). The van der Waals surface area contributed by atoms with E-state index in [9.17, 15) is 16.8 Å². The lowest BCUT2D eigenvalue weighted by Crippen LogP contribution is -2.52. The summed E-state index contributed by atoms with van der Waals surface area (Å²) in [5, 5.41) is 0.556. The van der Waals surface area contributed by atoms with Gasteiger partial charge >= 0.3 is 0 Å². The van der Waals surface area contributed by atoms with E-state index in [0.717, 1.165) is 6.26 Å². The minimum atomic E-state index is -3.95. The molecule has 178 valence electrons. The largest absolute Gasteiger partial charge is 0.343 e. The maximum absolute atomic E-state index is 13.5. The van der Waals surface area contributed by atoms with E-state index < -0.39 is 32.0 Å². The average molecular weight is 494 g/mol. The smallest absolute Gasteiger partial charge is 0.268 e. The summed E-state index contributed by atoms with van der Waals surface area (Å²) in [6, 6.07) is 15.0. The second kappa shape index (κ2) is 8.21. The first-order valence-corrected chi connectivity index (χ1v) is 13.7. The molecule has 3 aromatic rings. The Balaban J connectivity index is 1.95. The Kier molecular flexibility index (Phi) is 5.95. The predicted octanol–water partition coefficient (Wildman–Crippen LogP) is 3.47. The highest BCUT2D eigenvalue weighted by molar-refractivity contribution is 7.90. The molecule has 0 bridgehead atoms. The molecule has 0 saturated carbocycles. The summed E-state index contributed by atoms with van der Waals surface area (Å²) < 4.78 is 69.8. The second-order valence-corrected chi connectivity index (χ2v) is 12.4. The number of rotatable bonds is 6. The van der Waals surface area contributed by atoms with E-state index in [4.69, 9.17) is 13.7 Å². The lowest BCUT2D eigenvalue weighted by Gasteiger charge is -2.45. The summed E-state index contributed by atoms with van der Waals surface area (Å²) in [5.74, 6) is -1.63. The number of aromatic nitrogens is 1. The van der Waals surface area contributed by atoms with Crippen molar-refractivity contribution in [2.24, 2.45) is 5.41 Å². The monoisotopic (exact) mass is 493 g/mol. The van der Waals surface area contributed by atoms with Crippen molar-refractivity contribution in [1.29, 1.82) is 0 Å². The molecule has 0 N–H and O–H groups in total. The Morgan fingerprint density at radius 1 is 0.939 bits per heavy atom. The van der Waals surface area contributed by atoms with Crippen LogP contribution in [-0.2, 0) is 39.6 Å². The molecule has 1 aliphatic heterocycles. The first-order chi connectivity index (χ1) is 15.4. The molecule has 0 unspecified atom stereocenters. The van der Waals surface area contributed by atoms with Gasteiger partial charge in [-0.15, -0.1) is 0 Å². The Bertz CT molecular complexity index is 1370. The van der Waals surface area contributed by atoms with E-state index >= 15 is 0 Å². The van der Waals surface area contributed by atoms with Crippen molar-refractivity contribution in [1.82, 2.24) is 3.97 Å². The molecule has 1 atom stereocenters. The quantitative estimate of drug-likeness (QED) is 0.485. The van der Waals surface area contributed by atoms with Gasteiger partial charge in [0.05, 0.1) is 29.9 Å². The van der Waals surface area contributed by atoms with Gasteiger partial charge in [0, 0.05) is 22.6 Å². The molecule has 0 amide bonds. The SMILES string of the molecule is C[C@H](OS(C)(=O)=O)C1(c2cn(S(=O)(=O)c3ccccc3)c3ccccc23)OCC(C)(C)CO1. The third-order valence-electron chi connectivity index (χ3n) is 5.56. The van der Waals surface area contributed by atoms with Crippen molar-refractivity contribution in [3.8, 4) is 0 Å². The van der Waals surface area contributed by atoms with Crippen molar-refractivity contribution in [3.63, 3.8) is 0 Å². The molecule has 1 aromatic heterocycles. The van der Waals surface area contributed by atoms with Crippen LogP contribution in [0.2, 0.25) is 0 Å². The number of hydrogen-bond acceptors (Lipinski definition) is 7. The molecular formula is C23H27NO7S2. The van der Waals surface area contributed by atoms with Gasteiger partial charge < -0.3 is 9.47 Å². The maximum Gasteiger partial charge on any atom is 0.268 e. The molecule has 0 radical (unpaired) electrons. The fraction of sp³-hybridized carbons (Fsp3) is 0.391. The molecule has 0 spiro atoms. The molecule has 2 heterocycles. The van der Waals surface area contributed by atoms with E-state index in [2.05, 4.69) is 0 Å². The van der Waals surface area contributed by atoms with Gasteiger partial charge in [0.15, 0.2) is 0 Å². The highest BCUT2D eigenvalue weighted by Crippen LogP contribution is 2.44. The molecule has 1 fully saturated rings. The van der Waals surface area contributed by atoms with Crippen molar-refractivity contribution in [2.45, 2.75) is 37.6 Å². The van der Waals surface area contributed by atoms with E-state index in [1.807, 2.05) is 13.8 Å². The molecule has 8 nitrogen and oxygen atoms in total. The van der Waals surface area contributed by atoms with Gasteiger partial charge in [0.25, 0.3) is 20.1 Å².